The zero-order chi connectivity index (χ0) is 27.8. The molecule has 7 nitrogen and oxygen atoms in total. The molecule has 8 heteroatoms. The van der Waals surface area contributed by atoms with E-state index in [9.17, 15) is 4.79 Å². The molecule has 4 aromatic rings. The summed E-state index contributed by atoms with van der Waals surface area (Å²) >= 11 is 1.59. The molecule has 3 aromatic carbocycles. The summed E-state index contributed by atoms with van der Waals surface area (Å²) in [6.07, 6.45) is 0. The number of para-hydroxylation sites is 1. The lowest BCUT2D eigenvalue weighted by Gasteiger charge is -2.24. The van der Waals surface area contributed by atoms with Gasteiger partial charge >= 0.3 is 0 Å². The van der Waals surface area contributed by atoms with Crippen LogP contribution in [0.2, 0.25) is 0 Å². The molecule has 0 radical (unpaired) electrons. The molecule has 39 heavy (non-hydrogen) atoms. The third kappa shape index (κ3) is 7.09. The number of carbonyl (C=O) groups is 1. The monoisotopic (exact) mass is 545 g/mol. The molecule has 204 valence electrons. The zero-order valence-corrected chi connectivity index (χ0v) is 23.9. The molecule has 0 bridgehead atoms. The molecule has 0 saturated heterocycles. The molecule has 0 spiro atoms. The van der Waals surface area contributed by atoms with E-state index in [1.165, 1.54) is 0 Å². The largest absolute Gasteiger partial charge is 0.497 e. The first-order valence-corrected chi connectivity index (χ1v) is 13.7. The van der Waals surface area contributed by atoms with Gasteiger partial charge in [0.15, 0.2) is 16.6 Å². The number of nitrogens with zero attached hydrogens (tertiary/aromatic N) is 2. The number of amides is 1. The first-order chi connectivity index (χ1) is 18.9. The summed E-state index contributed by atoms with van der Waals surface area (Å²) in [6, 6.07) is 21.5. The molecule has 0 aliphatic heterocycles. The van der Waals surface area contributed by atoms with Crippen LogP contribution in [0.15, 0.2) is 72.1 Å². The summed E-state index contributed by atoms with van der Waals surface area (Å²) in [5.41, 5.74) is 4.63. The Morgan fingerprint density at radius 1 is 0.923 bits per heavy atom. The summed E-state index contributed by atoms with van der Waals surface area (Å²) in [5.74, 6) is 2.54. The van der Waals surface area contributed by atoms with Gasteiger partial charge in [0, 0.05) is 41.7 Å². The molecule has 4 rings (SSSR count). The molecule has 1 amide bonds. The fourth-order valence-corrected chi connectivity index (χ4v) is 4.99. The van der Waals surface area contributed by atoms with Gasteiger partial charge < -0.3 is 24.4 Å². The summed E-state index contributed by atoms with van der Waals surface area (Å²) in [5, 5.41) is 5.92. The van der Waals surface area contributed by atoms with Crippen LogP contribution in [0.1, 0.15) is 35.3 Å². The molecule has 1 heterocycles. The average Bonchev–Trinajstić information content (AvgIpc) is 3.46. The quantitative estimate of drug-likeness (QED) is 0.221. The minimum absolute atomic E-state index is 0.0581. The van der Waals surface area contributed by atoms with E-state index in [-0.39, 0.29) is 5.91 Å². The highest BCUT2D eigenvalue weighted by molar-refractivity contribution is 7.14. The number of methoxy groups -OCH3 is 3. The fraction of sp³-hybridized carbons (Fsp3) is 0.290. The maximum absolute atomic E-state index is 12.5. The van der Waals surface area contributed by atoms with Crippen LogP contribution in [0.5, 0.6) is 17.2 Å². The second-order valence-electron chi connectivity index (χ2n) is 9.55. The highest BCUT2D eigenvalue weighted by Crippen LogP contribution is 2.35. The molecule has 0 unspecified atom stereocenters. The number of thiazole rings is 1. The van der Waals surface area contributed by atoms with Crippen LogP contribution in [0.4, 0.5) is 5.13 Å². The first kappa shape index (κ1) is 28.0. The van der Waals surface area contributed by atoms with Crippen molar-refractivity contribution in [2.24, 2.45) is 5.92 Å². The van der Waals surface area contributed by atoms with E-state index >= 15 is 0 Å². The minimum Gasteiger partial charge on any atom is -0.497 e. The zero-order valence-electron chi connectivity index (χ0n) is 23.1. The van der Waals surface area contributed by atoms with Gasteiger partial charge in [0.25, 0.3) is 5.91 Å². The van der Waals surface area contributed by atoms with E-state index in [4.69, 9.17) is 19.2 Å². The van der Waals surface area contributed by atoms with Gasteiger partial charge in [-0.2, -0.15) is 0 Å². The SMILES string of the molecule is COc1ccc(-c2csc(N(Cc3ccc(C(=O)NCC(C)C)cc3)Cc3cccc(OC)c3OC)n2)cc1. The molecule has 1 aromatic heterocycles. The Morgan fingerprint density at radius 2 is 1.67 bits per heavy atom. The van der Waals surface area contributed by atoms with Crippen molar-refractivity contribution in [1.29, 1.82) is 0 Å². The van der Waals surface area contributed by atoms with Gasteiger partial charge in [-0.25, -0.2) is 4.98 Å². The van der Waals surface area contributed by atoms with E-state index in [0.29, 0.717) is 42.6 Å². The minimum atomic E-state index is -0.0581. The topological polar surface area (TPSA) is 72.9 Å². The Hall–Kier alpha value is -4.04. The van der Waals surface area contributed by atoms with Crippen molar-refractivity contribution in [2.75, 3.05) is 32.8 Å². The van der Waals surface area contributed by atoms with Crippen LogP contribution < -0.4 is 24.4 Å². The van der Waals surface area contributed by atoms with Crippen LogP contribution >= 0.6 is 11.3 Å². The van der Waals surface area contributed by atoms with Crippen LogP contribution in [-0.2, 0) is 13.1 Å². The lowest BCUT2D eigenvalue weighted by atomic mass is 10.1. The van der Waals surface area contributed by atoms with Gasteiger partial charge in [-0.05, 0) is 53.9 Å². The van der Waals surface area contributed by atoms with Gasteiger partial charge in [-0.1, -0.05) is 38.1 Å². The molecule has 1 N–H and O–H groups in total. The number of anilines is 1. The Balaban J connectivity index is 1.62. The predicted octanol–water partition coefficient (Wildman–Crippen LogP) is 6.43. The standard InChI is InChI=1S/C31H35N3O4S/c1-21(2)17-32-30(35)24-11-9-22(10-12-24)18-34(19-25-7-6-8-28(37-4)29(25)38-5)31-33-27(20-39-31)23-13-15-26(36-3)16-14-23/h6-16,20-21H,17-19H2,1-5H3,(H,32,35). The van der Waals surface area contributed by atoms with Crippen molar-refractivity contribution in [3.63, 3.8) is 0 Å². The van der Waals surface area contributed by atoms with Crippen LogP contribution in [0.25, 0.3) is 11.3 Å². The Bertz CT molecular complexity index is 1370. The van der Waals surface area contributed by atoms with Crippen LogP contribution in [0, 0.1) is 5.92 Å². The number of aromatic nitrogens is 1. The number of hydrogen-bond acceptors (Lipinski definition) is 7. The molecule has 0 saturated carbocycles. The number of nitrogens with one attached hydrogen (secondary N) is 1. The summed E-state index contributed by atoms with van der Waals surface area (Å²) < 4.78 is 16.5. The summed E-state index contributed by atoms with van der Waals surface area (Å²) in [4.78, 5) is 19.7. The number of rotatable bonds is 12. The molecular formula is C31H35N3O4S. The van der Waals surface area contributed by atoms with Gasteiger partial charge in [0.2, 0.25) is 0 Å². The fourth-order valence-electron chi connectivity index (χ4n) is 4.16. The molecule has 0 fully saturated rings. The Labute approximate surface area is 234 Å². The van der Waals surface area contributed by atoms with Crippen molar-refractivity contribution < 1.29 is 19.0 Å². The highest BCUT2D eigenvalue weighted by atomic mass is 32.1. The third-order valence-electron chi connectivity index (χ3n) is 6.25. The van der Waals surface area contributed by atoms with E-state index in [2.05, 4.69) is 29.4 Å². The van der Waals surface area contributed by atoms with E-state index < -0.39 is 0 Å². The highest BCUT2D eigenvalue weighted by Gasteiger charge is 2.18. The van der Waals surface area contributed by atoms with Gasteiger partial charge in [-0.3, -0.25) is 4.79 Å². The maximum atomic E-state index is 12.5. The number of benzene rings is 3. The Kier molecular flexibility index (Phi) is 9.44. The normalized spacial score (nSPS) is 10.8. The molecule has 0 aliphatic carbocycles. The van der Waals surface area contributed by atoms with Gasteiger partial charge in [-0.15, -0.1) is 11.3 Å². The number of ether oxygens (including phenoxy) is 3. The molecular weight excluding hydrogens is 510 g/mol. The lowest BCUT2D eigenvalue weighted by Crippen LogP contribution is -2.27. The third-order valence-corrected chi connectivity index (χ3v) is 7.16. The smallest absolute Gasteiger partial charge is 0.251 e. The van der Waals surface area contributed by atoms with Gasteiger partial charge in [0.05, 0.1) is 27.0 Å². The Morgan fingerprint density at radius 3 is 2.31 bits per heavy atom. The van der Waals surface area contributed by atoms with E-state index in [1.807, 2.05) is 66.7 Å². The first-order valence-electron chi connectivity index (χ1n) is 12.8. The van der Waals surface area contributed by atoms with Crippen molar-refractivity contribution in [1.82, 2.24) is 10.3 Å². The number of hydrogen-bond donors (Lipinski definition) is 1. The van der Waals surface area contributed by atoms with E-state index in [1.54, 1.807) is 32.7 Å². The van der Waals surface area contributed by atoms with E-state index in [0.717, 1.165) is 33.3 Å². The average molecular weight is 546 g/mol. The predicted molar refractivity (Wildman–Crippen MR) is 157 cm³/mol. The molecule has 0 atom stereocenters. The summed E-state index contributed by atoms with van der Waals surface area (Å²) in [6.45, 7) is 5.97. The second kappa shape index (κ2) is 13.2. The lowest BCUT2D eigenvalue weighted by molar-refractivity contribution is 0.0949. The van der Waals surface area contributed by atoms with Crippen molar-refractivity contribution >= 4 is 22.4 Å². The van der Waals surface area contributed by atoms with Crippen molar-refractivity contribution in [3.05, 3.63) is 88.8 Å². The van der Waals surface area contributed by atoms with Crippen molar-refractivity contribution in [2.45, 2.75) is 26.9 Å². The van der Waals surface area contributed by atoms with Crippen LogP contribution in [-0.4, -0.2) is 38.8 Å². The van der Waals surface area contributed by atoms with Crippen LogP contribution in [0.3, 0.4) is 0 Å². The van der Waals surface area contributed by atoms with Gasteiger partial charge in [0.1, 0.15) is 5.75 Å². The van der Waals surface area contributed by atoms with Crippen molar-refractivity contribution in [3.8, 4) is 28.5 Å². The number of carbonyl (C=O) groups excluding carboxylic acids is 1. The molecule has 0 aliphatic rings. The second-order valence-corrected chi connectivity index (χ2v) is 10.4. The summed E-state index contributed by atoms with van der Waals surface area (Å²) in [7, 11) is 4.95. The maximum Gasteiger partial charge on any atom is 0.251 e.